The number of Topliss-reactive ketones (excluding diaryl/α,β-unsaturated/α-hetero) is 1. The second kappa shape index (κ2) is 10.9. The Balaban J connectivity index is 1.46. The van der Waals surface area contributed by atoms with Crippen LogP contribution < -0.4 is 10.3 Å². The molecule has 0 radical (unpaired) electrons. The lowest BCUT2D eigenvalue weighted by Crippen LogP contribution is -2.40. The lowest BCUT2D eigenvalue weighted by molar-refractivity contribution is 0.0733. The summed E-state index contributed by atoms with van der Waals surface area (Å²) in [7, 11) is 0. The number of rotatable bonds is 6. The normalized spacial score (nSPS) is 24.7. The Bertz CT molecular complexity index is 1480. The van der Waals surface area contributed by atoms with Gasteiger partial charge in [0.25, 0.3) is 5.56 Å². The summed E-state index contributed by atoms with van der Waals surface area (Å²) in [4.78, 5) is 41.7. The molecule has 2 aliphatic carbocycles. The summed E-state index contributed by atoms with van der Waals surface area (Å²) in [5.41, 5.74) is 1.51. The number of hydrogen-bond acceptors (Lipinski definition) is 6. The van der Waals surface area contributed by atoms with Crippen molar-refractivity contribution in [1.29, 1.82) is 0 Å². The highest BCUT2D eigenvalue weighted by Gasteiger charge is 2.43. The van der Waals surface area contributed by atoms with Crippen LogP contribution in [-0.4, -0.2) is 21.8 Å². The zero-order valence-electron chi connectivity index (χ0n) is 22.3. The van der Waals surface area contributed by atoms with Crippen molar-refractivity contribution in [2.75, 3.05) is 0 Å². The summed E-state index contributed by atoms with van der Waals surface area (Å²) in [5, 5.41) is 11.2. The second-order valence-corrected chi connectivity index (χ2v) is 10.8. The van der Waals surface area contributed by atoms with Crippen molar-refractivity contribution in [2.45, 2.75) is 40.0 Å². The van der Waals surface area contributed by atoms with Crippen LogP contribution in [0.15, 0.2) is 82.1 Å². The van der Waals surface area contributed by atoms with Crippen LogP contribution in [0.4, 0.5) is 0 Å². The Morgan fingerprint density at radius 3 is 2.62 bits per heavy atom. The van der Waals surface area contributed by atoms with Gasteiger partial charge in [0.05, 0.1) is 11.8 Å². The van der Waals surface area contributed by atoms with E-state index in [9.17, 15) is 19.5 Å². The molecule has 2 aliphatic rings. The highest BCUT2D eigenvalue weighted by Crippen LogP contribution is 2.49. The van der Waals surface area contributed by atoms with E-state index in [0.29, 0.717) is 34.6 Å². The Morgan fingerprint density at radius 1 is 1.15 bits per heavy atom. The molecular formula is C32H33NO6. The number of fused-ring (bicyclic) bond motifs is 1. The van der Waals surface area contributed by atoms with Gasteiger partial charge >= 0.3 is 5.97 Å². The molecule has 7 heteroatoms. The van der Waals surface area contributed by atoms with Crippen LogP contribution in [0, 0.1) is 29.6 Å². The maximum absolute atomic E-state index is 14.0. The molecule has 0 saturated heterocycles. The molecule has 5 rings (SSSR count). The van der Waals surface area contributed by atoms with Gasteiger partial charge < -0.3 is 19.2 Å². The van der Waals surface area contributed by atoms with Crippen molar-refractivity contribution in [3.63, 3.8) is 0 Å². The summed E-state index contributed by atoms with van der Waals surface area (Å²) in [6.07, 6.45) is 13.5. The van der Waals surface area contributed by atoms with Gasteiger partial charge in [-0.25, -0.2) is 4.79 Å². The number of aromatic hydroxyl groups is 1. The molecule has 0 aliphatic heterocycles. The van der Waals surface area contributed by atoms with Crippen molar-refractivity contribution in [3.8, 4) is 22.6 Å². The zero-order valence-corrected chi connectivity index (χ0v) is 22.3. The van der Waals surface area contributed by atoms with Crippen LogP contribution in [0.1, 0.15) is 60.7 Å². The SMILES string of the molecule is C/C=C/[C@@H]1[C@H]2C[C@@H](C)CC[C@@H]2C(C)=C[C@H]1C(=O)c1c(O)c(-c2ccc(OC(=O)c3ccoc3)cc2)c[nH]c1=O. The molecule has 2 N–H and O–H groups in total. The molecule has 7 nitrogen and oxygen atoms in total. The molecule has 2 heterocycles. The number of benzene rings is 1. The molecule has 3 aromatic rings. The number of hydrogen-bond donors (Lipinski definition) is 2. The molecule has 1 fully saturated rings. The minimum atomic E-state index is -0.615. The number of furan rings is 1. The van der Waals surface area contributed by atoms with Crippen molar-refractivity contribution in [3.05, 3.63) is 94.3 Å². The number of H-pyrrole nitrogens is 1. The van der Waals surface area contributed by atoms with Crippen molar-refractivity contribution in [1.82, 2.24) is 4.98 Å². The van der Waals surface area contributed by atoms with Gasteiger partial charge in [0.1, 0.15) is 23.3 Å². The first kappa shape index (κ1) is 26.5. The smallest absolute Gasteiger partial charge is 0.346 e. The fourth-order valence-electron chi connectivity index (χ4n) is 6.32. The third-order valence-corrected chi connectivity index (χ3v) is 8.26. The van der Waals surface area contributed by atoms with Gasteiger partial charge in [0.15, 0.2) is 5.78 Å². The number of aromatic nitrogens is 1. The Kier molecular flexibility index (Phi) is 7.42. The van der Waals surface area contributed by atoms with E-state index in [2.05, 4.69) is 24.9 Å². The van der Waals surface area contributed by atoms with E-state index in [1.165, 1.54) is 36.8 Å². The van der Waals surface area contributed by atoms with Gasteiger partial charge in [-0.05, 0) is 74.1 Å². The van der Waals surface area contributed by atoms with E-state index >= 15 is 0 Å². The standard InChI is InChI=1S/C32H33NO6/c1-4-5-24-25-14-18(2)6-11-23(25)19(3)15-26(24)29(34)28-30(35)27(16-33-31(28)36)20-7-9-22(10-8-20)39-32(37)21-12-13-38-17-21/h4-5,7-10,12-13,15-18,23-26H,6,11,14H2,1-3H3,(H2,33,35,36)/b5-4+/t18-,23+,24+,25-,26+/m0/s1. The molecule has 0 spiro atoms. The third-order valence-electron chi connectivity index (χ3n) is 8.26. The molecule has 39 heavy (non-hydrogen) atoms. The first-order chi connectivity index (χ1) is 18.8. The zero-order chi connectivity index (χ0) is 27.7. The number of pyridine rings is 1. The average Bonchev–Trinajstić information content (AvgIpc) is 3.46. The number of ketones is 1. The average molecular weight is 528 g/mol. The van der Waals surface area contributed by atoms with Crippen LogP contribution >= 0.6 is 0 Å². The van der Waals surface area contributed by atoms with Crippen molar-refractivity contribution < 1.29 is 23.8 Å². The Labute approximate surface area is 227 Å². The number of esters is 1. The minimum absolute atomic E-state index is 0.0365. The van der Waals surface area contributed by atoms with Gasteiger partial charge in [-0.3, -0.25) is 9.59 Å². The van der Waals surface area contributed by atoms with Crippen molar-refractivity contribution >= 4 is 11.8 Å². The van der Waals surface area contributed by atoms with E-state index < -0.39 is 17.4 Å². The minimum Gasteiger partial charge on any atom is -0.506 e. The number of allylic oxidation sites excluding steroid dienone is 4. The fraction of sp³-hybridized carbons (Fsp3) is 0.344. The van der Waals surface area contributed by atoms with E-state index in [-0.39, 0.29) is 28.6 Å². The van der Waals surface area contributed by atoms with E-state index in [1.54, 1.807) is 24.3 Å². The Hall–Kier alpha value is -4.13. The topological polar surface area (TPSA) is 110 Å². The predicted octanol–water partition coefficient (Wildman–Crippen LogP) is 6.56. The van der Waals surface area contributed by atoms with E-state index in [4.69, 9.17) is 9.15 Å². The van der Waals surface area contributed by atoms with Gasteiger partial charge in [-0.1, -0.05) is 49.3 Å². The van der Waals surface area contributed by atoms with Crippen LogP contribution in [0.25, 0.3) is 11.1 Å². The van der Waals surface area contributed by atoms with Gasteiger partial charge in [-0.2, -0.15) is 0 Å². The van der Waals surface area contributed by atoms with Crippen molar-refractivity contribution in [2.24, 2.45) is 29.6 Å². The van der Waals surface area contributed by atoms with Gasteiger partial charge in [0, 0.05) is 17.7 Å². The highest BCUT2D eigenvalue weighted by atomic mass is 16.5. The summed E-state index contributed by atoms with van der Waals surface area (Å²) in [5.74, 6) is -0.197. The summed E-state index contributed by atoms with van der Waals surface area (Å²) in [6.45, 7) is 6.30. The van der Waals surface area contributed by atoms with Crippen LogP contribution in [-0.2, 0) is 0 Å². The van der Waals surface area contributed by atoms with E-state index in [1.807, 2.05) is 19.1 Å². The molecule has 0 unspecified atom stereocenters. The molecule has 1 aromatic carbocycles. The molecule has 5 atom stereocenters. The van der Waals surface area contributed by atoms with Gasteiger partial charge in [-0.15, -0.1) is 0 Å². The first-order valence-electron chi connectivity index (χ1n) is 13.4. The molecule has 1 saturated carbocycles. The molecular weight excluding hydrogens is 494 g/mol. The largest absolute Gasteiger partial charge is 0.506 e. The maximum Gasteiger partial charge on any atom is 0.346 e. The molecule has 202 valence electrons. The number of ether oxygens (including phenoxy) is 1. The van der Waals surface area contributed by atoms with Crippen LogP contribution in [0.3, 0.4) is 0 Å². The number of aromatic amines is 1. The lowest BCUT2D eigenvalue weighted by atomic mass is 9.59. The monoisotopic (exact) mass is 527 g/mol. The summed E-state index contributed by atoms with van der Waals surface area (Å²) in [6, 6.07) is 7.98. The molecule has 0 bridgehead atoms. The van der Waals surface area contributed by atoms with Gasteiger partial charge in [0.2, 0.25) is 0 Å². The number of carbonyl (C=O) groups is 2. The second-order valence-electron chi connectivity index (χ2n) is 10.8. The van der Waals surface area contributed by atoms with E-state index in [0.717, 1.165) is 12.8 Å². The number of nitrogens with one attached hydrogen (secondary N) is 1. The maximum atomic E-state index is 14.0. The quantitative estimate of drug-likeness (QED) is 0.163. The molecule has 0 amide bonds. The van der Waals surface area contributed by atoms with Crippen LogP contribution in [0.2, 0.25) is 0 Å². The molecule has 2 aromatic heterocycles. The third kappa shape index (κ3) is 5.13. The summed E-state index contributed by atoms with van der Waals surface area (Å²) >= 11 is 0. The fourth-order valence-corrected chi connectivity index (χ4v) is 6.32. The van der Waals surface area contributed by atoms with Crippen LogP contribution in [0.5, 0.6) is 11.5 Å². The highest BCUT2D eigenvalue weighted by molar-refractivity contribution is 6.03. The lowest BCUT2D eigenvalue weighted by Gasteiger charge is -2.45. The predicted molar refractivity (Wildman–Crippen MR) is 148 cm³/mol. The summed E-state index contributed by atoms with van der Waals surface area (Å²) < 4.78 is 10.3. The first-order valence-corrected chi connectivity index (χ1v) is 13.4. The Morgan fingerprint density at radius 2 is 1.92 bits per heavy atom. The number of carbonyl (C=O) groups excluding carboxylic acids is 2.